The first-order chi connectivity index (χ1) is 8.15. The second kappa shape index (κ2) is 6.01. The summed E-state index contributed by atoms with van der Waals surface area (Å²) in [7, 11) is 0. The lowest BCUT2D eigenvalue weighted by Crippen LogP contribution is -2.13. The maximum Gasteiger partial charge on any atom is 0.0931 e. The zero-order chi connectivity index (χ0) is 12.3. The molecule has 0 saturated heterocycles. The number of rotatable bonds is 4. The van der Waals surface area contributed by atoms with Crippen LogP contribution < -0.4 is 0 Å². The summed E-state index contributed by atoms with van der Waals surface area (Å²) in [6, 6.07) is 11.8. The molecule has 1 atom stereocenters. The van der Waals surface area contributed by atoms with Gasteiger partial charge in [-0.3, -0.25) is 0 Å². The van der Waals surface area contributed by atoms with Gasteiger partial charge in [-0.2, -0.15) is 0 Å². The van der Waals surface area contributed by atoms with Crippen LogP contribution in [0.1, 0.15) is 10.4 Å². The van der Waals surface area contributed by atoms with E-state index in [0.717, 1.165) is 19.2 Å². The minimum atomic E-state index is -0.372. The van der Waals surface area contributed by atoms with Gasteiger partial charge in [0.2, 0.25) is 0 Å². The Hall–Kier alpha value is -0.350. The van der Waals surface area contributed by atoms with Crippen molar-refractivity contribution in [1.29, 1.82) is 0 Å². The van der Waals surface area contributed by atoms with Crippen molar-refractivity contribution in [2.45, 2.75) is 18.9 Å². The number of hydrogen-bond donors (Lipinski definition) is 1. The minimum absolute atomic E-state index is 0.372. The number of hydrogen-bond acceptors (Lipinski definition) is 2. The summed E-state index contributed by atoms with van der Waals surface area (Å²) >= 11 is 10.9. The van der Waals surface area contributed by atoms with Crippen LogP contribution >= 0.6 is 38.9 Å². The Morgan fingerprint density at radius 3 is 2.59 bits per heavy atom. The third kappa shape index (κ3) is 3.81. The van der Waals surface area contributed by atoms with Gasteiger partial charge in [0, 0.05) is 15.8 Å². The largest absolute Gasteiger partial charge is 0.392 e. The van der Waals surface area contributed by atoms with E-state index in [4.69, 9.17) is 11.6 Å². The summed E-state index contributed by atoms with van der Waals surface area (Å²) in [6.07, 6.45) is 0.929. The fourth-order valence-electron chi connectivity index (χ4n) is 1.68. The zero-order valence-corrected chi connectivity index (χ0v) is 12.2. The molecule has 0 amide bonds. The quantitative estimate of drug-likeness (QED) is 0.885. The first kappa shape index (κ1) is 13.1. The zero-order valence-electron chi connectivity index (χ0n) is 9.07. The monoisotopic (exact) mass is 330 g/mol. The molecular formula is C13H12BrClOS. The summed E-state index contributed by atoms with van der Waals surface area (Å²) in [6.45, 7) is 0. The predicted molar refractivity (Wildman–Crippen MR) is 76.9 cm³/mol. The van der Waals surface area contributed by atoms with E-state index in [9.17, 15) is 5.11 Å². The third-order valence-electron chi connectivity index (χ3n) is 2.48. The maximum atomic E-state index is 10.0. The lowest BCUT2D eigenvalue weighted by molar-refractivity contribution is 0.176. The molecule has 0 aliphatic rings. The highest BCUT2D eigenvalue weighted by Gasteiger charge is 2.10. The minimum Gasteiger partial charge on any atom is -0.392 e. The second-order valence-corrected chi connectivity index (χ2v) is 6.51. The lowest BCUT2D eigenvalue weighted by Gasteiger charge is -2.10. The van der Waals surface area contributed by atoms with Crippen LogP contribution in [-0.2, 0) is 12.8 Å². The summed E-state index contributed by atoms with van der Waals surface area (Å²) in [5, 5.41) is 10.0. The summed E-state index contributed by atoms with van der Waals surface area (Å²) in [5.74, 6) is 0. The average molecular weight is 332 g/mol. The summed E-state index contributed by atoms with van der Waals surface area (Å²) in [5.41, 5.74) is 1.13. The van der Waals surface area contributed by atoms with E-state index in [1.54, 1.807) is 0 Å². The van der Waals surface area contributed by atoms with E-state index in [1.807, 2.05) is 36.4 Å². The predicted octanol–water partition coefficient (Wildman–Crippen LogP) is 4.31. The second-order valence-electron chi connectivity index (χ2n) is 3.86. The number of aliphatic hydroxyl groups excluding tert-OH is 1. The van der Waals surface area contributed by atoms with Gasteiger partial charge >= 0.3 is 0 Å². The van der Waals surface area contributed by atoms with E-state index < -0.39 is 0 Å². The van der Waals surface area contributed by atoms with Crippen LogP contribution in [0.5, 0.6) is 0 Å². The molecule has 2 rings (SSSR count). The molecule has 0 fully saturated rings. The topological polar surface area (TPSA) is 20.2 Å². The molecule has 0 saturated carbocycles. The number of aliphatic hydroxyl groups is 1. The Morgan fingerprint density at radius 2 is 1.94 bits per heavy atom. The highest BCUT2D eigenvalue weighted by Crippen LogP contribution is 2.24. The fraction of sp³-hybridized carbons (Fsp3) is 0.231. The molecule has 0 aliphatic heterocycles. The standard InChI is InChI=1S/C13H12BrClOS/c14-12-4-2-1-3-9(12)7-10(16)8-11-5-6-13(15)17-11/h1-6,10,16H,7-8H2. The molecular weight excluding hydrogens is 320 g/mol. The molecule has 0 bridgehead atoms. The molecule has 2 aromatic rings. The third-order valence-corrected chi connectivity index (χ3v) is 4.51. The highest BCUT2D eigenvalue weighted by atomic mass is 79.9. The van der Waals surface area contributed by atoms with Crippen LogP contribution in [0.2, 0.25) is 4.34 Å². The van der Waals surface area contributed by atoms with Gasteiger partial charge in [-0.1, -0.05) is 45.7 Å². The Morgan fingerprint density at radius 1 is 1.18 bits per heavy atom. The van der Waals surface area contributed by atoms with Gasteiger partial charge in [0.15, 0.2) is 0 Å². The molecule has 1 heterocycles. The van der Waals surface area contributed by atoms with E-state index >= 15 is 0 Å². The first-order valence-electron chi connectivity index (χ1n) is 5.31. The molecule has 1 N–H and O–H groups in total. The number of benzene rings is 1. The van der Waals surface area contributed by atoms with Crippen molar-refractivity contribution < 1.29 is 5.11 Å². The maximum absolute atomic E-state index is 10.0. The Bertz CT molecular complexity index is 498. The molecule has 1 aromatic heterocycles. The van der Waals surface area contributed by atoms with Gasteiger partial charge in [0.25, 0.3) is 0 Å². The molecule has 1 aromatic carbocycles. The van der Waals surface area contributed by atoms with Gasteiger partial charge in [-0.05, 0) is 30.2 Å². The molecule has 17 heavy (non-hydrogen) atoms. The van der Waals surface area contributed by atoms with Crippen LogP contribution in [0.15, 0.2) is 40.9 Å². The molecule has 0 radical (unpaired) electrons. The Labute approximate surface area is 118 Å². The van der Waals surface area contributed by atoms with Crippen molar-refractivity contribution in [3.8, 4) is 0 Å². The smallest absolute Gasteiger partial charge is 0.0931 e. The summed E-state index contributed by atoms with van der Waals surface area (Å²) < 4.78 is 1.82. The van der Waals surface area contributed by atoms with Crippen molar-refractivity contribution in [1.82, 2.24) is 0 Å². The fourth-order valence-corrected chi connectivity index (χ4v) is 3.29. The van der Waals surface area contributed by atoms with E-state index in [0.29, 0.717) is 12.8 Å². The molecule has 90 valence electrons. The Balaban J connectivity index is 1.98. The van der Waals surface area contributed by atoms with E-state index in [2.05, 4.69) is 15.9 Å². The van der Waals surface area contributed by atoms with E-state index in [1.165, 1.54) is 11.3 Å². The van der Waals surface area contributed by atoms with Crippen molar-refractivity contribution in [3.05, 3.63) is 55.6 Å². The molecule has 0 spiro atoms. The van der Waals surface area contributed by atoms with Crippen LogP contribution in [0, 0.1) is 0 Å². The average Bonchev–Trinajstić information content (AvgIpc) is 2.67. The van der Waals surface area contributed by atoms with Gasteiger partial charge in [0.05, 0.1) is 10.4 Å². The SMILES string of the molecule is OC(Cc1ccc(Cl)s1)Cc1ccccc1Br. The van der Waals surface area contributed by atoms with Crippen LogP contribution in [0.3, 0.4) is 0 Å². The van der Waals surface area contributed by atoms with Gasteiger partial charge in [0.1, 0.15) is 0 Å². The van der Waals surface area contributed by atoms with E-state index in [-0.39, 0.29) is 6.10 Å². The van der Waals surface area contributed by atoms with Crippen LogP contribution in [0.4, 0.5) is 0 Å². The van der Waals surface area contributed by atoms with Crippen LogP contribution in [-0.4, -0.2) is 11.2 Å². The molecule has 1 unspecified atom stereocenters. The van der Waals surface area contributed by atoms with Crippen LogP contribution in [0.25, 0.3) is 0 Å². The summed E-state index contributed by atoms with van der Waals surface area (Å²) in [4.78, 5) is 1.12. The number of thiophene rings is 1. The van der Waals surface area contributed by atoms with Crippen molar-refractivity contribution >= 4 is 38.9 Å². The van der Waals surface area contributed by atoms with Crippen molar-refractivity contribution in [2.24, 2.45) is 0 Å². The van der Waals surface area contributed by atoms with Crippen molar-refractivity contribution in [3.63, 3.8) is 0 Å². The number of halogens is 2. The molecule has 4 heteroatoms. The van der Waals surface area contributed by atoms with Gasteiger partial charge in [-0.15, -0.1) is 11.3 Å². The first-order valence-corrected chi connectivity index (χ1v) is 7.29. The van der Waals surface area contributed by atoms with Gasteiger partial charge in [-0.25, -0.2) is 0 Å². The van der Waals surface area contributed by atoms with Gasteiger partial charge < -0.3 is 5.11 Å². The molecule has 0 aliphatic carbocycles. The molecule has 1 nitrogen and oxygen atoms in total. The highest BCUT2D eigenvalue weighted by molar-refractivity contribution is 9.10. The van der Waals surface area contributed by atoms with Crippen molar-refractivity contribution in [2.75, 3.05) is 0 Å². The lowest BCUT2D eigenvalue weighted by atomic mass is 10.1. The normalized spacial score (nSPS) is 12.6. The Kier molecular flexibility index (Phi) is 4.62.